The molecule has 21 heavy (non-hydrogen) atoms. The highest BCUT2D eigenvalue weighted by atomic mass is 16.5. The SMILES string of the molecule is CCC1OCCC1CN1C(=O)C(CC)(CC)NC(=O)C1C. The van der Waals surface area contributed by atoms with Crippen molar-refractivity contribution in [3.05, 3.63) is 0 Å². The lowest BCUT2D eigenvalue weighted by molar-refractivity contribution is -0.155. The molecule has 2 aliphatic heterocycles. The Bertz CT molecular complexity index is 406. The topological polar surface area (TPSA) is 58.6 Å². The van der Waals surface area contributed by atoms with Gasteiger partial charge in [-0.05, 0) is 32.6 Å². The lowest BCUT2D eigenvalue weighted by Gasteiger charge is -2.45. The minimum Gasteiger partial charge on any atom is -0.378 e. The second kappa shape index (κ2) is 6.34. The Hall–Kier alpha value is -1.10. The predicted molar refractivity (Wildman–Crippen MR) is 80.8 cm³/mol. The van der Waals surface area contributed by atoms with Crippen molar-refractivity contribution in [2.45, 2.75) is 71.1 Å². The average Bonchev–Trinajstić information content (AvgIpc) is 2.95. The number of ether oxygens (including phenoxy) is 1. The van der Waals surface area contributed by atoms with Crippen LogP contribution in [0.5, 0.6) is 0 Å². The third-order valence-corrected chi connectivity index (χ3v) is 5.27. The van der Waals surface area contributed by atoms with E-state index >= 15 is 0 Å². The Balaban J connectivity index is 2.19. The molecule has 0 aromatic heterocycles. The van der Waals surface area contributed by atoms with Crippen LogP contribution in [0.1, 0.15) is 53.4 Å². The van der Waals surface area contributed by atoms with E-state index < -0.39 is 5.54 Å². The van der Waals surface area contributed by atoms with Gasteiger partial charge in [0.05, 0.1) is 6.10 Å². The summed E-state index contributed by atoms with van der Waals surface area (Å²) in [5, 5.41) is 2.95. The van der Waals surface area contributed by atoms with Crippen molar-refractivity contribution < 1.29 is 14.3 Å². The molecular formula is C16H28N2O3. The zero-order valence-electron chi connectivity index (χ0n) is 13.6. The number of hydrogen-bond acceptors (Lipinski definition) is 3. The zero-order chi connectivity index (χ0) is 15.6. The first kappa shape index (κ1) is 16.3. The van der Waals surface area contributed by atoms with E-state index in [1.807, 2.05) is 20.8 Å². The normalized spacial score (nSPS) is 32.4. The third kappa shape index (κ3) is 2.80. The fourth-order valence-electron chi connectivity index (χ4n) is 3.56. The molecule has 2 aliphatic rings. The van der Waals surface area contributed by atoms with Crippen LogP contribution in [-0.4, -0.2) is 47.6 Å². The van der Waals surface area contributed by atoms with Crippen LogP contribution in [0.15, 0.2) is 0 Å². The van der Waals surface area contributed by atoms with E-state index in [-0.39, 0.29) is 24.0 Å². The fraction of sp³-hybridized carbons (Fsp3) is 0.875. The number of nitrogens with zero attached hydrogens (tertiary/aromatic N) is 1. The molecule has 2 fully saturated rings. The number of nitrogens with one attached hydrogen (secondary N) is 1. The summed E-state index contributed by atoms with van der Waals surface area (Å²) in [7, 11) is 0. The monoisotopic (exact) mass is 296 g/mol. The summed E-state index contributed by atoms with van der Waals surface area (Å²) >= 11 is 0. The van der Waals surface area contributed by atoms with Crippen molar-refractivity contribution in [3.8, 4) is 0 Å². The van der Waals surface area contributed by atoms with Gasteiger partial charge in [-0.25, -0.2) is 0 Å². The molecule has 0 aromatic carbocycles. The van der Waals surface area contributed by atoms with Gasteiger partial charge in [-0.1, -0.05) is 20.8 Å². The molecule has 3 unspecified atom stereocenters. The van der Waals surface area contributed by atoms with Gasteiger partial charge < -0.3 is 15.0 Å². The number of hydrogen-bond donors (Lipinski definition) is 1. The van der Waals surface area contributed by atoms with Gasteiger partial charge in [0.15, 0.2) is 0 Å². The van der Waals surface area contributed by atoms with Crippen LogP contribution in [0.4, 0.5) is 0 Å². The summed E-state index contributed by atoms with van der Waals surface area (Å²) in [4.78, 5) is 27.0. The summed E-state index contributed by atoms with van der Waals surface area (Å²) in [6, 6.07) is -0.387. The first-order chi connectivity index (χ1) is 9.99. The van der Waals surface area contributed by atoms with Gasteiger partial charge in [-0.3, -0.25) is 9.59 Å². The second-order valence-electron chi connectivity index (χ2n) is 6.28. The summed E-state index contributed by atoms with van der Waals surface area (Å²) in [5.74, 6) is 0.380. The van der Waals surface area contributed by atoms with E-state index in [1.165, 1.54) is 0 Å². The number of carbonyl (C=O) groups is 2. The van der Waals surface area contributed by atoms with Crippen molar-refractivity contribution in [1.29, 1.82) is 0 Å². The molecule has 2 saturated heterocycles. The molecule has 0 spiro atoms. The Labute approximate surface area is 127 Å². The van der Waals surface area contributed by atoms with Crippen molar-refractivity contribution >= 4 is 11.8 Å². The first-order valence-corrected chi connectivity index (χ1v) is 8.23. The molecule has 120 valence electrons. The third-order valence-electron chi connectivity index (χ3n) is 5.27. The van der Waals surface area contributed by atoms with Crippen LogP contribution in [0.3, 0.4) is 0 Å². The van der Waals surface area contributed by atoms with Crippen molar-refractivity contribution in [1.82, 2.24) is 10.2 Å². The highest BCUT2D eigenvalue weighted by Crippen LogP contribution is 2.29. The number of piperazine rings is 1. The Morgan fingerprint density at radius 1 is 1.29 bits per heavy atom. The molecule has 5 heteroatoms. The lowest BCUT2D eigenvalue weighted by atomic mass is 9.86. The van der Waals surface area contributed by atoms with Crippen molar-refractivity contribution in [2.75, 3.05) is 13.2 Å². The minimum atomic E-state index is -0.717. The maximum atomic E-state index is 12.9. The number of carbonyl (C=O) groups excluding carboxylic acids is 2. The summed E-state index contributed by atoms with van der Waals surface area (Å²) in [6.45, 7) is 9.25. The molecule has 5 nitrogen and oxygen atoms in total. The predicted octanol–water partition coefficient (Wildman–Crippen LogP) is 1.71. The summed E-state index contributed by atoms with van der Waals surface area (Å²) in [5.41, 5.74) is -0.717. The van der Waals surface area contributed by atoms with E-state index in [2.05, 4.69) is 12.2 Å². The minimum absolute atomic E-state index is 0.0368. The quantitative estimate of drug-likeness (QED) is 0.840. The van der Waals surface area contributed by atoms with Crippen LogP contribution in [0, 0.1) is 5.92 Å². The van der Waals surface area contributed by atoms with Crippen LogP contribution >= 0.6 is 0 Å². The number of amides is 2. The fourth-order valence-corrected chi connectivity index (χ4v) is 3.56. The van der Waals surface area contributed by atoms with Crippen molar-refractivity contribution in [3.63, 3.8) is 0 Å². The maximum absolute atomic E-state index is 12.9. The second-order valence-corrected chi connectivity index (χ2v) is 6.28. The number of rotatable bonds is 5. The van der Waals surface area contributed by atoms with Gasteiger partial charge >= 0.3 is 0 Å². The molecule has 2 rings (SSSR count). The zero-order valence-corrected chi connectivity index (χ0v) is 13.6. The van der Waals surface area contributed by atoms with E-state index in [4.69, 9.17) is 4.74 Å². The molecule has 0 aromatic rings. The summed E-state index contributed by atoms with van der Waals surface area (Å²) < 4.78 is 5.72. The van der Waals surface area contributed by atoms with E-state index in [1.54, 1.807) is 4.90 Å². The van der Waals surface area contributed by atoms with Gasteiger partial charge in [0, 0.05) is 19.1 Å². The highest BCUT2D eigenvalue weighted by Gasteiger charge is 2.48. The van der Waals surface area contributed by atoms with E-state index in [0.717, 1.165) is 19.4 Å². The molecule has 0 radical (unpaired) electrons. The lowest BCUT2D eigenvalue weighted by Crippen LogP contribution is -2.70. The highest BCUT2D eigenvalue weighted by molar-refractivity contribution is 5.99. The molecule has 1 N–H and O–H groups in total. The largest absolute Gasteiger partial charge is 0.378 e. The Kier molecular flexibility index (Phi) is 4.91. The molecule has 0 bridgehead atoms. The van der Waals surface area contributed by atoms with Gasteiger partial charge in [0.2, 0.25) is 11.8 Å². The van der Waals surface area contributed by atoms with Gasteiger partial charge in [0.1, 0.15) is 11.6 Å². The van der Waals surface area contributed by atoms with E-state index in [0.29, 0.717) is 25.3 Å². The molecular weight excluding hydrogens is 268 g/mol. The van der Waals surface area contributed by atoms with Crippen molar-refractivity contribution in [2.24, 2.45) is 5.92 Å². The summed E-state index contributed by atoms with van der Waals surface area (Å²) in [6.07, 6.45) is 3.42. The van der Waals surface area contributed by atoms with Gasteiger partial charge in [-0.15, -0.1) is 0 Å². The maximum Gasteiger partial charge on any atom is 0.248 e. The molecule has 2 heterocycles. The standard InChI is InChI=1S/C16H28N2O3/c1-5-13-12(8-9-21-13)10-18-11(4)14(19)17-16(6-2,7-3)15(18)20/h11-13H,5-10H2,1-4H3,(H,17,19). The first-order valence-electron chi connectivity index (χ1n) is 8.23. The van der Waals surface area contributed by atoms with Crippen LogP contribution < -0.4 is 5.32 Å². The smallest absolute Gasteiger partial charge is 0.248 e. The van der Waals surface area contributed by atoms with Gasteiger partial charge in [0.25, 0.3) is 0 Å². The molecule has 3 atom stereocenters. The average molecular weight is 296 g/mol. The molecule has 0 saturated carbocycles. The molecule has 2 amide bonds. The van der Waals surface area contributed by atoms with E-state index in [9.17, 15) is 9.59 Å². The van der Waals surface area contributed by atoms with Gasteiger partial charge in [-0.2, -0.15) is 0 Å². The van der Waals surface area contributed by atoms with Crippen LogP contribution in [0.25, 0.3) is 0 Å². The van der Waals surface area contributed by atoms with Crippen LogP contribution in [-0.2, 0) is 14.3 Å². The van der Waals surface area contributed by atoms with Crippen LogP contribution in [0.2, 0.25) is 0 Å². The Morgan fingerprint density at radius 3 is 2.52 bits per heavy atom. The molecule has 0 aliphatic carbocycles. The Morgan fingerprint density at radius 2 is 1.95 bits per heavy atom.